The van der Waals surface area contributed by atoms with Crippen LogP contribution in [0, 0.1) is 5.92 Å². The first kappa shape index (κ1) is 12.9. The Labute approximate surface area is 95.0 Å². The molecule has 0 spiro atoms. The molecular weight excluding hydrogens is 208 g/mol. The fraction of sp³-hybridized carbons (Fsp3) is 0.750. The quantitative estimate of drug-likeness (QED) is 0.574. The fourth-order valence-corrected chi connectivity index (χ4v) is 2.17. The summed E-state index contributed by atoms with van der Waals surface area (Å²) < 4.78 is 0. The van der Waals surface area contributed by atoms with Gasteiger partial charge >= 0.3 is 5.97 Å². The van der Waals surface area contributed by atoms with Crippen LogP contribution in [0.4, 0.5) is 0 Å². The van der Waals surface area contributed by atoms with E-state index in [0.717, 1.165) is 38.5 Å². The first-order chi connectivity index (χ1) is 7.59. The van der Waals surface area contributed by atoms with Crippen molar-refractivity contribution in [1.29, 1.82) is 0 Å². The number of carboxylic acid groups (broad SMARTS) is 1. The molecule has 1 aliphatic rings. The van der Waals surface area contributed by atoms with Crippen LogP contribution in [0.5, 0.6) is 0 Å². The molecule has 1 saturated carbocycles. The van der Waals surface area contributed by atoms with Crippen molar-refractivity contribution < 1.29 is 19.5 Å². The van der Waals surface area contributed by atoms with Gasteiger partial charge in [0.1, 0.15) is 12.2 Å². The lowest BCUT2D eigenvalue weighted by atomic mass is 9.92. The van der Waals surface area contributed by atoms with Crippen LogP contribution >= 0.6 is 0 Å². The number of rotatable bonds is 5. The maximum atomic E-state index is 11.7. The minimum atomic E-state index is -1.15. The van der Waals surface area contributed by atoms with E-state index < -0.39 is 18.2 Å². The second-order valence-electron chi connectivity index (χ2n) is 4.44. The minimum absolute atomic E-state index is 0.0137. The van der Waals surface area contributed by atoms with E-state index in [4.69, 9.17) is 5.11 Å². The van der Waals surface area contributed by atoms with Crippen molar-refractivity contribution in [2.75, 3.05) is 0 Å². The van der Waals surface area contributed by atoms with Gasteiger partial charge in [-0.05, 0) is 12.8 Å². The van der Waals surface area contributed by atoms with Gasteiger partial charge in [0, 0.05) is 5.92 Å². The van der Waals surface area contributed by atoms with Crippen LogP contribution in [-0.4, -0.2) is 22.6 Å². The lowest BCUT2D eigenvalue weighted by molar-refractivity contribution is -0.140. The molecule has 1 rings (SSSR count). The normalized spacial score (nSPS) is 17.8. The van der Waals surface area contributed by atoms with Crippen LogP contribution in [-0.2, 0) is 14.4 Å². The summed E-state index contributed by atoms with van der Waals surface area (Å²) in [6.45, 7) is 0. The summed E-state index contributed by atoms with van der Waals surface area (Å²) in [7, 11) is 0. The van der Waals surface area contributed by atoms with E-state index in [0.29, 0.717) is 0 Å². The van der Waals surface area contributed by atoms with Gasteiger partial charge in [0.05, 0.1) is 6.42 Å². The van der Waals surface area contributed by atoms with Gasteiger partial charge < -0.3 is 5.11 Å². The van der Waals surface area contributed by atoms with Crippen molar-refractivity contribution in [2.24, 2.45) is 5.92 Å². The van der Waals surface area contributed by atoms with Gasteiger partial charge in [-0.15, -0.1) is 0 Å². The van der Waals surface area contributed by atoms with Crippen LogP contribution in [0.1, 0.15) is 51.4 Å². The van der Waals surface area contributed by atoms with Gasteiger partial charge in [-0.3, -0.25) is 14.4 Å². The highest BCUT2D eigenvalue weighted by molar-refractivity contribution is 6.05. The Morgan fingerprint density at radius 1 is 0.938 bits per heavy atom. The minimum Gasteiger partial charge on any atom is -0.481 e. The molecule has 0 aromatic rings. The van der Waals surface area contributed by atoms with E-state index in [1.54, 1.807) is 0 Å². The predicted octanol–water partition coefficient (Wildman–Crippen LogP) is 1.96. The molecular formula is C12H18O4. The summed E-state index contributed by atoms with van der Waals surface area (Å²) in [5, 5.41) is 8.42. The standard InChI is InChI=1S/C12H18O4/c13-10(8-12(15)16)7-11(14)9-5-3-1-2-4-6-9/h9H,1-8H2,(H,15,16). The molecule has 1 aliphatic carbocycles. The third-order valence-corrected chi connectivity index (χ3v) is 3.03. The lowest BCUT2D eigenvalue weighted by Gasteiger charge is -2.11. The van der Waals surface area contributed by atoms with E-state index in [2.05, 4.69) is 0 Å². The van der Waals surface area contributed by atoms with Crippen molar-refractivity contribution in [3.8, 4) is 0 Å². The van der Waals surface area contributed by atoms with Gasteiger partial charge in [0.25, 0.3) is 0 Å². The zero-order valence-corrected chi connectivity index (χ0v) is 9.41. The molecule has 4 heteroatoms. The molecule has 1 N–H and O–H groups in total. The molecule has 0 heterocycles. The average Bonchev–Trinajstić information content (AvgIpc) is 2.43. The SMILES string of the molecule is O=C(O)CC(=O)CC(=O)C1CCCCCC1. The molecule has 0 amide bonds. The number of aliphatic carboxylic acids is 1. The van der Waals surface area contributed by atoms with Gasteiger partial charge in [-0.2, -0.15) is 0 Å². The Balaban J connectivity index is 2.38. The fourth-order valence-electron chi connectivity index (χ4n) is 2.17. The maximum Gasteiger partial charge on any atom is 0.310 e. The molecule has 90 valence electrons. The molecule has 0 bridgehead atoms. The highest BCUT2D eigenvalue weighted by Crippen LogP contribution is 2.24. The molecule has 0 aromatic carbocycles. The van der Waals surface area contributed by atoms with Crippen molar-refractivity contribution in [3.63, 3.8) is 0 Å². The van der Waals surface area contributed by atoms with Crippen molar-refractivity contribution in [3.05, 3.63) is 0 Å². The number of carbonyl (C=O) groups is 3. The first-order valence-corrected chi connectivity index (χ1v) is 5.86. The Morgan fingerprint density at radius 3 is 2.00 bits per heavy atom. The summed E-state index contributed by atoms with van der Waals surface area (Å²) in [6.07, 6.45) is 5.40. The molecule has 0 saturated heterocycles. The Bertz CT molecular complexity index is 275. The van der Waals surface area contributed by atoms with Gasteiger partial charge in [-0.1, -0.05) is 25.7 Å². The number of carbonyl (C=O) groups excluding carboxylic acids is 2. The maximum absolute atomic E-state index is 11.7. The molecule has 0 atom stereocenters. The molecule has 1 fully saturated rings. The molecule has 0 aromatic heterocycles. The molecule has 16 heavy (non-hydrogen) atoms. The highest BCUT2D eigenvalue weighted by Gasteiger charge is 2.22. The lowest BCUT2D eigenvalue weighted by Crippen LogP contribution is -2.19. The van der Waals surface area contributed by atoms with Gasteiger partial charge in [0.15, 0.2) is 5.78 Å². The van der Waals surface area contributed by atoms with E-state index in [9.17, 15) is 14.4 Å². The van der Waals surface area contributed by atoms with Crippen LogP contribution in [0.3, 0.4) is 0 Å². The summed E-state index contributed by atoms with van der Waals surface area (Å²) in [4.78, 5) is 33.2. The average molecular weight is 226 g/mol. The monoisotopic (exact) mass is 226 g/mol. The zero-order chi connectivity index (χ0) is 12.0. The molecule has 0 radical (unpaired) electrons. The topological polar surface area (TPSA) is 71.4 Å². The number of ketones is 2. The van der Waals surface area contributed by atoms with Crippen LogP contribution in [0.15, 0.2) is 0 Å². The molecule has 0 aliphatic heterocycles. The number of Topliss-reactive ketones (excluding diaryl/α,β-unsaturated/α-hetero) is 2. The van der Waals surface area contributed by atoms with E-state index in [1.807, 2.05) is 0 Å². The van der Waals surface area contributed by atoms with Crippen LogP contribution in [0.2, 0.25) is 0 Å². The van der Waals surface area contributed by atoms with E-state index in [-0.39, 0.29) is 18.1 Å². The second-order valence-corrected chi connectivity index (χ2v) is 4.44. The third-order valence-electron chi connectivity index (χ3n) is 3.03. The second kappa shape index (κ2) is 6.40. The molecule has 4 nitrogen and oxygen atoms in total. The third kappa shape index (κ3) is 4.55. The summed E-state index contributed by atoms with van der Waals surface area (Å²) in [5.41, 5.74) is 0. The number of hydrogen-bond acceptors (Lipinski definition) is 3. The van der Waals surface area contributed by atoms with E-state index in [1.165, 1.54) is 0 Å². The summed E-state index contributed by atoms with van der Waals surface area (Å²) >= 11 is 0. The first-order valence-electron chi connectivity index (χ1n) is 5.86. The Hall–Kier alpha value is -1.19. The van der Waals surface area contributed by atoms with Crippen LogP contribution < -0.4 is 0 Å². The largest absolute Gasteiger partial charge is 0.481 e. The van der Waals surface area contributed by atoms with Crippen molar-refractivity contribution >= 4 is 17.5 Å². The van der Waals surface area contributed by atoms with Crippen molar-refractivity contribution in [1.82, 2.24) is 0 Å². The number of carboxylic acids is 1. The Morgan fingerprint density at radius 2 is 1.50 bits per heavy atom. The smallest absolute Gasteiger partial charge is 0.310 e. The van der Waals surface area contributed by atoms with Gasteiger partial charge in [0.2, 0.25) is 0 Å². The number of hydrogen-bond donors (Lipinski definition) is 1. The van der Waals surface area contributed by atoms with Gasteiger partial charge in [-0.25, -0.2) is 0 Å². The summed E-state index contributed by atoms with van der Waals surface area (Å²) in [5.74, 6) is -1.70. The summed E-state index contributed by atoms with van der Waals surface area (Å²) in [6, 6.07) is 0. The Kier molecular flexibility index (Phi) is 5.15. The zero-order valence-electron chi connectivity index (χ0n) is 9.41. The predicted molar refractivity (Wildman–Crippen MR) is 58.1 cm³/mol. The van der Waals surface area contributed by atoms with Crippen LogP contribution in [0.25, 0.3) is 0 Å². The van der Waals surface area contributed by atoms with Crippen molar-refractivity contribution in [2.45, 2.75) is 51.4 Å². The van der Waals surface area contributed by atoms with E-state index >= 15 is 0 Å². The highest BCUT2D eigenvalue weighted by atomic mass is 16.4. The molecule has 0 unspecified atom stereocenters.